The van der Waals surface area contributed by atoms with E-state index in [0.717, 1.165) is 11.1 Å². The number of aryl methyl sites for hydroxylation is 1. The number of imidazole rings is 1. The van der Waals surface area contributed by atoms with Crippen LogP contribution in [0.3, 0.4) is 0 Å². The molecule has 0 radical (unpaired) electrons. The molecule has 0 saturated carbocycles. The van der Waals surface area contributed by atoms with Crippen molar-refractivity contribution in [2.75, 3.05) is 25.5 Å². The third-order valence-electron chi connectivity index (χ3n) is 6.37. The van der Waals surface area contributed by atoms with Gasteiger partial charge >= 0.3 is 6.09 Å². The van der Waals surface area contributed by atoms with Gasteiger partial charge in [0.25, 0.3) is 5.56 Å². The first kappa shape index (κ1) is 23.3. The van der Waals surface area contributed by atoms with Crippen LogP contribution in [-0.4, -0.2) is 56.6 Å². The molecule has 0 spiro atoms. The van der Waals surface area contributed by atoms with Crippen molar-refractivity contribution in [3.05, 3.63) is 76.3 Å². The van der Waals surface area contributed by atoms with Crippen LogP contribution in [0.1, 0.15) is 29.9 Å². The van der Waals surface area contributed by atoms with Gasteiger partial charge in [-0.1, -0.05) is 48.5 Å². The van der Waals surface area contributed by atoms with Gasteiger partial charge in [-0.15, -0.1) is 0 Å². The monoisotopic (exact) mass is 486 g/mol. The minimum absolute atomic E-state index is 0.00745. The van der Waals surface area contributed by atoms with Gasteiger partial charge in [0.15, 0.2) is 11.2 Å². The van der Waals surface area contributed by atoms with Crippen molar-refractivity contribution >= 4 is 29.1 Å². The van der Waals surface area contributed by atoms with Crippen molar-refractivity contribution in [1.82, 2.24) is 24.4 Å². The van der Waals surface area contributed by atoms with E-state index in [-0.39, 0.29) is 36.3 Å². The predicted molar refractivity (Wildman–Crippen MR) is 135 cm³/mol. The van der Waals surface area contributed by atoms with Crippen LogP contribution in [0.2, 0.25) is 0 Å². The van der Waals surface area contributed by atoms with Crippen LogP contribution in [-0.2, 0) is 16.6 Å². The van der Waals surface area contributed by atoms with Crippen LogP contribution in [0.5, 0.6) is 0 Å². The van der Waals surface area contributed by atoms with E-state index in [4.69, 9.17) is 4.74 Å². The van der Waals surface area contributed by atoms with Crippen LogP contribution >= 0.6 is 0 Å². The number of anilines is 1. The summed E-state index contributed by atoms with van der Waals surface area (Å²) in [6.45, 7) is 0.585. The number of amides is 2. The zero-order chi connectivity index (χ0) is 25.2. The largest absolute Gasteiger partial charge is 0.448 e. The third-order valence-corrected chi connectivity index (χ3v) is 6.37. The molecule has 0 unspecified atom stereocenters. The highest BCUT2D eigenvalue weighted by molar-refractivity contribution is 5.89. The number of hydrogen-bond acceptors (Lipinski definition) is 6. The second-order valence-electron chi connectivity index (χ2n) is 8.82. The molecule has 2 N–H and O–H groups in total. The Labute approximate surface area is 206 Å². The van der Waals surface area contributed by atoms with E-state index in [1.807, 2.05) is 24.3 Å². The Morgan fingerprint density at radius 1 is 1.11 bits per heavy atom. The SMILES string of the molecule is CN(CCCC(=O)Nc1nc2c(ncn2C)c(=O)[nH]1)C(=O)OCC1c2ccccc2-c2ccccc21. The number of fused-ring (bicyclic) bond motifs is 4. The van der Waals surface area contributed by atoms with Gasteiger partial charge < -0.3 is 14.2 Å². The van der Waals surface area contributed by atoms with Gasteiger partial charge in [0.1, 0.15) is 6.61 Å². The molecule has 2 heterocycles. The number of carbonyl (C=O) groups excluding carboxylic acids is 2. The first-order valence-electron chi connectivity index (χ1n) is 11.7. The number of nitrogens with zero attached hydrogens (tertiary/aromatic N) is 4. The minimum Gasteiger partial charge on any atom is -0.448 e. The molecule has 10 heteroatoms. The summed E-state index contributed by atoms with van der Waals surface area (Å²) >= 11 is 0. The molecule has 36 heavy (non-hydrogen) atoms. The van der Waals surface area contributed by atoms with Crippen molar-refractivity contribution in [2.45, 2.75) is 18.8 Å². The second kappa shape index (κ2) is 9.65. The topological polar surface area (TPSA) is 122 Å². The summed E-state index contributed by atoms with van der Waals surface area (Å²) in [5, 5.41) is 2.59. The number of carbonyl (C=O) groups is 2. The zero-order valence-electron chi connectivity index (χ0n) is 20.0. The fourth-order valence-electron chi connectivity index (χ4n) is 4.54. The van der Waals surface area contributed by atoms with E-state index < -0.39 is 11.7 Å². The summed E-state index contributed by atoms with van der Waals surface area (Å²) in [6, 6.07) is 16.3. The van der Waals surface area contributed by atoms with E-state index >= 15 is 0 Å². The van der Waals surface area contributed by atoms with E-state index in [2.05, 4.69) is 44.5 Å². The van der Waals surface area contributed by atoms with Crippen molar-refractivity contribution in [3.8, 4) is 11.1 Å². The maximum Gasteiger partial charge on any atom is 0.409 e. The van der Waals surface area contributed by atoms with Gasteiger partial charge in [0.05, 0.1) is 6.33 Å². The van der Waals surface area contributed by atoms with Crippen LogP contribution in [0.25, 0.3) is 22.3 Å². The van der Waals surface area contributed by atoms with Gasteiger partial charge in [-0.2, -0.15) is 4.98 Å². The minimum atomic E-state index is -0.440. The van der Waals surface area contributed by atoms with Crippen LogP contribution in [0.4, 0.5) is 10.7 Å². The molecule has 184 valence electrons. The van der Waals surface area contributed by atoms with Gasteiger partial charge in [0.2, 0.25) is 11.9 Å². The Balaban J connectivity index is 1.12. The van der Waals surface area contributed by atoms with Crippen molar-refractivity contribution in [1.29, 1.82) is 0 Å². The van der Waals surface area contributed by atoms with E-state index in [0.29, 0.717) is 18.6 Å². The molecule has 0 fully saturated rings. The summed E-state index contributed by atoms with van der Waals surface area (Å²) in [7, 11) is 3.36. The Morgan fingerprint density at radius 2 is 1.78 bits per heavy atom. The first-order valence-corrected chi connectivity index (χ1v) is 11.7. The second-order valence-corrected chi connectivity index (χ2v) is 8.82. The molecule has 4 aromatic rings. The summed E-state index contributed by atoms with van der Waals surface area (Å²) in [5.74, 6) is -0.265. The van der Waals surface area contributed by atoms with Gasteiger partial charge in [-0.05, 0) is 28.7 Å². The van der Waals surface area contributed by atoms with Gasteiger partial charge in [-0.3, -0.25) is 19.9 Å². The number of hydrogen-bond donors (Lipinski definition) is 2. The predicted octanol–water partition coefficient (Wildman–Crippen LogP) is 3.26. The number of H-pyrrole nitrogens is 1. The van der Waals surface area contributed by atoms with Gasteiger partial charge in [-0.25, -0.2) is 9.78 Å². The zero-order valence-corrected chi connectivity index (χ0v) is 20.0. The third kappa shape index (κ3) is 4.45. The normalized spacial score (nSPS) is 12.3. The van der Waals surface area contributed by atoms with Crippen LogP contribution in [0, 0.1) is 0 Å². The molecule has 1 aliphatic carbocycles. The Morgan fingerprint density at radius 3 is 2.47 bits per heavy atom. The molecule has 1 aliphatic rings. The van der Waals surface area contributed by atoms with Crippen molar-refractivity contribution in [2.24, 2.45) is 7.05 Å². The van der Waals surface area contributed by atoms with E-state index in [1.54, 1.807) is 18.7 Å². The Bertz CT molecular complexity index is 1460. The highest BCUT2D eigenvalue weighted by atomic mass is 16.6. The van der Waals surface area contributed by atoms with E-state index in [9.17, 15) is 14.4 Å². The molecule has 10 nitrogen and oxygen atoms in total. The molecule has 5 rings (SSSR count). The number of ether oxygens (including phenoxy) is 1. The summed E-state index contributed by atoms with van der Waals surface area (Å²) < 4.78 is 7.24. The number of aromatic amines is 1. The molecule has 0 aliphatic heterocycles. The standard InChI is InChI=1S/C26H26N6O4/c1-31(13-7-12-21(33)28-25-29-23-22(24(34)30-25)27-15-32(23)2)26(35)36-14-20-18-10-5-3-8-16(18)17-9-4-6-11-19(17)20/h3-6,8-11,15,20H,7,12-14H2,1-2H3,(H2,28,29,30,33,34). The quantitative estimate of drug-likeness (QED) is 0.414. The molecular formula is C26H26N6O4. The maximum atomic E-state index is 12.6. The van der Waals surface area contributed by atoms with Crippen molar-refractivity contribution < 1.29 is 14.3 Å². The van der Waals surface area contributed by atoms with Crippen LogP contribution in [0.15, 0.2) is 59.7 Å². The first-order chi connectivity index (χ1) is 17.4. The molecule has 2 amide bonds. The smallest absolute Gasteiger partial charge is 0.409 e. The summed E-state index contributed by atoms with van der Waals surface area (Å²) in [4.78, 5) is 49.2. The maximum absolute atomic E-state index is 12.6. The molecule has 0 atom stereocenters. The Hall–Kier alpha value is -4.47. The number of rotatable bonds is 7. The number of aromatic nitrogens is 4. The molecule has 2 aromatic heterocycles. The summed E-state index contributed by atoms with van der Waals surface area (Å²) in [5.41, 5.74) is 4.82. The fourth-order valence-corrected chi connectivity index (χ4v) is 4.54. The molecule has 0 bridgehead atoms. The summed E-state index contributed by atoms with van der Waals surface area (Å²) in [6.07, 6.45) is 1.61. The highest BCUT2D eigenvalue weighted by Crippen LogP contribution is 2.44. The van der Waals surface area contributed by atoms with Gasteiger partial charge in [0, 0.05) is 33.0 Å². The lowest BCUT2D eigenvalue weighted by molar-refractivity contribution is -0.116. The van der Waals surface area contributed by atoms with Crippen LogP contribution < -0.4 is 10.9 Å². The molecular weight excluding hydrogens is 460 g/mol. The average molecular weight is 487 g/mol. The number of benzene rings is 2. The fraction of sp³-hybridized carbons (Fsp3) is 0.269. The number of nitrogens with one attached hydrogen (secondary N) is 2. The Kier molecular flexibility index (Phi) is 6.24. The molecule has 0 saturated heterocycles. The lowest BCUT2D eigenvalue weighted by Gasteiger charge is -2.19. The van der Waals surface area contributed by atoms with Crippen molar-refractivity contribution in [3.63, 3.8) is 0 Å². The highest BCUT2D eigenvalue weighted by Gasteiger charge is 2.29. The van der Waals surface area contributed by atoms with E-state index in [1.165, 1.54) is 22.4 Å². The average Bonchev–Trinajstić information content (AvgIpc) is 3.40. The lowest BCUT2D eigenvalue weighted by Crippen LogP contribution is -2.30. The lowest BCUT2D eigenvalue weighted by atomic mass is 9.98. The molecule has 2 aromatic carbocycles.